The minimum absolute atomic E-state index is 0.383. The average molecular weight is 348 g/mol. The fourth-order valence-electron chi connectivity index (χ4n) is 3.33. The Kier molecular flexibility index (Phi) is 4.39. The van der Waals surface area contributed by atoms with Crippen LogP contribution in [0, 0.1) is 0 Å². The van der Waals surface area contributed by atoms with Gasteiger partial charge in [0.15, 0.2) is 0 Å². The van der Waals surface area contributed by atoms with Gasteiger partial charge < -0.3 is 15.1 Å². The average Bonchev–Trinajstić information content (AvgIpc) is 2.72. The van der Waals surface area contributed by atoms with Gasteiger partial charge in [0.05, 0.1) is 0 Å². The topological polar surface area (TPSA) is 65.5 Å². The molecular weight excluding hydrogens is 328 g/mol. The molecule has 0 atom stereocenters. The Morgan fingerprint density at radius 3 is 2.23 bits per heavy atom. The Balaban J connectivity index is 1.43. The SMILES string of the molecule is O=c1c(NCc2ccccc2)c(N2CCN(c3ccccn3)CC2)c1=O. The number of nitrogens with zero attached hydrogens (tertiary/aromatic N) is 3. The van der Waals surface area contributed by atoms with Gasteiger partial charge in [-0.25, -0.2) is 4.98 Å². The van der Waals surface area contributed by atoms with Crippen molar-refractivity contribution in [1.82, 2.24) is 4.98 Å². The molecule has 6 heteroatoms. The van der Waals surface area contributed by atoms with Gasteiger partial charge in [0.25, 0.3) is 10.9 Å². The minimum Gasteiger partial charge on any atom is -0.376 e. The molecular formula is C20H20N4O2. The van der Waals surface area contributed by atoms with Crippen LogP contribution in [0.4, 0.5) is 17.2 Å². The molecule has 4 rings (SSSR count). The molecule has 0 unspecified atom stereocenters. The fraction of sp³-hybridized carbons (Fsp3) is 0.250. The summed E-state index contributed by atoms with van der Waals surface area (Å²) < 4.78 is 0. The summed E-state index contributed by atoms with van der Waals surface area (Å²) in [4.78, 5) is 32.7. The van der Waals surface area contributed by atoms with Crippen molar-refractivity contribution in [3.8, 4) is 0 Å². The smallest absolute Gasteiger partial charge is 0.253 e. The summed E-state index contributed by atoms with van der Waals surface area (Å²) in [5.41, 5.74) is 1.26. The number of piperazine rings is 1. The Morgan fingerprint density at radius 2 is 1.54 bits per heavy atom. The van der Waals surface area contributed by atoms with E-state index in [4.69, 9.17) is 0 Å². The largest absolute Gasteiger partial charge is 0.376 e. The molecule has 1 aromatic heterocycles. The van der Waals surface area contributed by atoms with E-state index in [9.17, 15) is 9.59 Å². The first-order chi connectivity index (χ1) is 12.7. The van der Waals surface area contributed by atoms with Crippen LogP contribution in [0.15, 0.2) is 64.3 Å². The summed E-state index contributed by atoms with van der Waals surface area (Å²) in [5, 5.41) is 3.15. The van der Waals surface area contributed by atoms with Crippen molar-refractivity contribution in [2.75, 3.05) is 41.3 Å². The first-order valence-electron chi connectivity index (χ1n) is 8.76. The number of hydrogen-bond donors (Lipinski definition) is 1. The van der Waals surface area contributed by atoms with Crippen LogP contribution in [-0.4, -0.2) is 31.2 Å². The van der Waals surface area contributed by atoms with E-state index in [0.29, 0.717) is 31.0 Å². The van der Waals surface area contributed by atoms with Gasteiger partial charge >= 0.3 is 0 Å². The first-order valence-corrected chi connectivity index (χ1v) is 8.76. The lowest BCUT2D eigenvalue weighted by Crippen LogP contribution is -2.51. The molecule has 6 nitrogen and oxygen atoms in total. The molecule has 0 saturated carbocycles. The van der Waals surface area contributed by atoms with E-state index in [2.05, 4.69) is 15.2 Å². The van der Waals surface area contributed by atoms with Gasteiger partial charge in [-0.15, -0.1) is 0 Å². The number of hydrogen-bond acceptors (Lipinski definition) is 6. The summed E-state index contributed by atoms with van der Waals surface area (Å²) in [6.45, 7) is 3.47. The molecule has 1 aliphatic rings. The Labute approximate surface area is 151 Å². The number of aromatic nitrogens is 1. The summed E-state index contributed by atoms with van der Waals surface area (Å²) >= 11 is 0. The number of nitrogens with one attached hydrogen (secondary N) is 1. The van der Waals surface area contributed by atoms with Crippen molar-refractivity contribution >= 4 is 17.2 Å². The van der Waals surface area contributed by atoms with E-state index < -0.39 is 5.43 Å². The van der Waals surface area contributed by atoms with Gasteiger partial charge in [-0.05, 0) is 17.7 Å². The monoisotopic (exact) mass is 348 g/mol. The molecule has 2 heterocycles. The number of pyridine rings is 1. The molecule has 0 spiro atoms. The van der Waals surface area contributed by atoms with E-state index in [-0.39, 0.29) is 5.43 Å². The molecule has 0 radical (unpaired) electrons. The van der Waals surface area contributed by atoms with Crippen molar-refractivity contribution < 1.29 is 0 Å². The summed E-state index contributed by atoms with van der Waals surface area (Å²) in [5.74, 6) is 0.944. The highest BCUT2D eigenvalue weighted by atomic mass is 16.2. The third-order valence-electron chi connectivity index (χ3n) is 4.77. The van der Waals surface area contributed by atoms with E-state index in [0.717, 1.165) is 24.5 Å². The van der Waals surface area contributed by atoms with Gasteiger partial charge in [0, 0.05) is 38.9 Å². The molecule has 1 N–H and O–H groups in total. The summed E-state index contributed by atoms with van der Waals surface area (Å²) in [6, 6.07) is 15.7. The van der Waals surface area contributed by atoms with Crippen LogP contribution in [0.3, 0.4) is 0 Å². The highest BCUT2D eigenvalue weighted by Crippen LogP contribution is 2.23. The second kappa shape index (κ2) is 7.00. The molecule has 1 fully saturated rings. The third kappa shape index (κ3) is 3.06. The quantitative estimate of drug-likeness (QED) is 0.707. The van der Waals surface area contributed by atoms with Gasteiger partial charge in [-0.3, -0.25) is 9.59 Å². The van der Waals surface area contributed by atoms with E-state index >= 15 is 0 Å². The zero-order valence-electron chi connectivity index (χ0n) is 14.4. The van der Waals surface area contributed by atoms with Crippen LogP contribution in [0.1, 0.15) is 5.56 Å². The molecule has 0 amide bonds. The van der Waals surface area contributed by atoms with E-state index in [1.807, 2.05) is 53.4 Å². The second-order valence-corrected chi connectivity index (χ2v) is 6.38. The molecule has 0 aliphatic carbocycles. The zero-order valence-corrected chi connectivity index (χ0v) is 14.4. The lowest BCUT2D eigenvalue weighted by molar-refractivity contribution is 0.644. The number of rotatable bonds is 5. The minimum atomic E-state index is -0.414. The Bertz CT molecular complexity index is 941. The molecule has 3 aromatic rings. The third-order valence-corrected chi connectivity index (χ3v) is 4.77. The van der Waals surface area contributed by atoms with Crippen LogP contribution >= 0.6 is 0 Å². The second-order valence-electron chi connectivity index (χ2n) is 6.38. The van der Waals surface area contributed by atoms with Crippen LogP contribution in [-0.2, 0) is 6.54 Å². The van der Waals surface area contributed by atoms with Crippen molar-refractivity contribution in [1.29, 1.82) is 0 Å². The maximum absolute atomic E-state index is 12.1. The Hall–Kier alpha value is -3.15. The molecule has 1 saturated heterocycles. The van der Waals surface area contributed by atoms with Gasteiger partial charge in [-0.1, -0.05) is 36.4 Å². The van der Waals surface area contributed by atoms with Gasteiger partial charge in [-0.2, -0.15) is 0 Å². The number of benzene rings is 1. The number of anilines is 3. The van der Waals surface area contributed by atoms with Gasteiger partial charge in [0.2, 0.25) is 0 Å². The van der Waals surface area contributed by atoms with Crippen LogP contribution in [0.25, 0.3) is 0 Å². The molecule has 26 heavy (non-hydrogen) atoms. The standard InChI is InChI=1S/C20H20N4O2/c25-19-17(22-14-15-6-2-1-3-7-15)18(20(19)26)24-12-10-23(11-13-24)16-8-4-5-9-21-16/h1-9,22H,10-14H2. The van der Waals surface area contributed by atoms with Crippen LogP contribution in [0.2, 0.25) is 0 Å². The molecule has 2 aromatic carbocycles. The van der Waals surface area contributed by atoms with E-state index in [1.54, 1.807) is 6.20 Å². The lowest BCUT2D eigenvalue weighted by Gasteiger charge is -2.37. The van der Waals surface area contributed by atoms with E-state index in [1.165, 1.54) is 0 Å². The predicted octanol–water partition coefficient (Wildman–Crippen LogP) is 1.62. The van der Waals surface area contributed by atoms with Crippen molar-refractivity contribution in [2.45, 2.75) is 6.54 Å². The molecule has 132 valence electrons. The van der Waals surface area contributed by atoms with Crippen LogP contribution in [0.5, 0.6) is 0 Å². The summed E-state index contributed by atoms with van der Waals surface area (Å²) in [6.07, 6.45) is 1.78. The van der Waals surface area contributed by atoms with Crippen LogP contribution < -0.4 is 26.0 Å². The normalized spacial score (nSPS) is 14.6. The fourth-order valence-corrected chi connectivity index (χ4v) is 3.33. The summed E-state index contributed by atoms with van der Waals surface area (Å²) in [7, 11) is 0. The maximum Gasteiger partial charge on any atom is 0.253 e. The molecule has 1 aliphatic heterocycles. The highest BCUT2D eigenvalue weighted by molar-refractivity contribution is 5.75. The first kappa shape index (κ1) is 16.3. The van der Waals surface area contributed by atoms with Crippen molar-refractivity contribution in [3.63, 3.8) is 0 Å². The molecule has 0 bridgehead atoms. The highest BCUT2D eigenvalue weighted by Gasteiger charge is 2.28. The van der Waals surface area contributed by atoms with Crippen molar-refractivity contribution in [2.24, 2.45) is 0 Å². The maximum atomic E-state index is 12.1. The van der Waals surface area contributed by atoms with Gasteiger partial charge in [0.1, 0.15) is 17.2 Å². The lowest BCUT2D eigenvalue weighted by atomic mass is 10.1. The van der Waals surface area contributed by atoms with Crippen molar-refractivity contribution in [3.05, 3.63) is 80.7 Å². The Morgan fingerprint density at radius 1 is 0.846 bits per heavy atom. The zero-order chi connectivity index (χ0) is 17.9. The predicted molar refractivity (Wildman–Crippen MR) is 104 cm³/mol.